The van der Waals surface area contributed by atoms with E-state index in [1.165, 1.54) is 18.9 Å². The van der Waals surface area contributed by atoms with E-state index in [0.29, 0.717) is 11.3 Å². The molecule has 180 valence electrons. The van der Waals surface area contributed by atoms with Crippen LogP contribution >= 0.6 is 23.3 Å². The van der Waals surface area contributed by atoms with Crippen molar-refractivity contribution in [1.82, 2.24) is 24.0 Å². The molecule has 0 aromatic carbocycles. The third kappa shape index (κ3) is 4.08. The number of nitrogens with zero attached hydrogens (tertiary/aromatic N) is 6. The van der Waals surface area contributed by atoms with Crippen molar-refractivity contribution < 1.29 is 28.9 Å². The number of carbonyl (C=O) groups excluding carboxylic acids is 3. The van der Waals surface area contributed by atoms with Gasteiger partial charge in [-0.3, -0.25) is 14.5 Å². The second-order valence-corrected chi connectivity index (χ2v) is 9.51. The number of aromatic nitrogens is 4. The summed E-state index contributed by atoms with van der Waals surface area (Å²) in [6, 6.07) is 2.87. The molecule has 5 rings (SSSR count). The minimum Gasteiger partial charge on any atom is -0.543 e. The molecule has 0 spiro atoms. The number of nitrogens with one attached hydrogen (secondary N) is 1. The van der Waals surface area contributed by atoms with Gasteiger partial charge < -0.3 is 30.2 Å². The van der Waals surface area contributed by atoms with E-state index < -0.39 is 29.2 Å². The zero-order valence-corrected chi connectivity index (χ0v) is 19.8. The predicted octanol–water partition coefficient (Wildman–Crippen LogP) is -1.88. The maximum Gasteiger partial charge on any atom is 0.278 e. The Labute approximate surface area is 206 Å². The van der Waals surface area contributed by atoms with Gasteiger partial charge in [-0.15, -0.1) is 11.8 Å². The molecule has 2 aliphatic heterocycles. The second kappa shape index (κ2) is 8.99. The molecular weight excluding hydrogens is 496 g/mol. The van der Waals surface area contributed by atoms with E-state index in [9.17, 15) is 19.5 Å². The molecule has 3 N–H and O–H groups in total. The van der Waals surface area contributed by atoms with Gasteiger partial charge in [0.05, 0.1) is 17.9 Å². The van der Waals surface area contributed by atoms with Crippen molar-refractivity contribution in [3.63, 3.8) is 0 Å². The largest absolute Gasteiger partial charge is 0.543 e. The summed E-state index contributed by atoms with van der Waals surface area (Å²) in [7, 11) is 1.25. The van der Waals surface area contributed by atoms with Crippen molar-refractivity contribution >= 4 is 57.4 Å². The lowest BCUT2D eigenvalue weighted by Gasteiger charge is -2.50. The zero-order chi connectivity index (χ0) is 24.7. The molecule has 15 heteroatoms. The molecule has 2 aliphatic rings. The van der Waals surface area contributed by atoms with Gasteiger partial charge in [0, 0.05) is 29.1 Å². The number of nitrogens with two attached hydrogens (primary N) is 1. The van der Waals surface area contributed by atoms with E-state index in [1.54, 1.807) is 0 Å². The summed E-state index contributed by atoms with van der Waals surface area (Å²) in [6.07, 6.45) is 7.47. The molecule has 0 unspecified atom stereocenters. The molecule has 13 nitrogen and oxygen atoms in total. The lowest BCUT2D eigenvalue weighted by Crippen LogP contribution is -2.71. The minimum atomic E-state index is -1.45. The second-order valence-electron chi connectivity index (χ2n) is 7.62. The number of hydrogen-bond acceptors (Lipinski definition) is 11. The number of carbonyl (C=O) groups is 3. The van der Waals surface area contributed by atoms with Crippen LogP contribution in [0.2, 0.25) is 0 Å². The number of hydrogen-bond donors (Lipinski definition) is 2. The Bertz CT molecular complexity index is 1410. The number of fused-ring (bicyclic) bond motifs is 2. The summed E-state index contributed by atoms with van der Waals surface area (Å²) < 4.78 is 7.72. The van der Waals surface area contributed by atoms with E-state index in [2.05, 4.69) is 19.8 Å². The molecule has 35 heavy (non-hydrogen) atoms. The van der Waals surface area contributed by atoms with Gasteiger partial charge in [0.1, 0.15) is 24.0 Å². The normalized spacial score (nSPS) is 20.0. The highest BCUT2D eigenvalue weighted by atomic mass is 32.2. The number of oxime groups is 1. The average Bonchev–Trinajstić information content (AvgIpc) is 3.48. The Morgan fingerprint density at radius 1 is 1.43 bits per heavy atom. The number of β-lactam (4-membered cyclic amide) rings is 1. The predicted molar refractivity (Wildman–Crippen MR) is 123 cm³/mol. The first-order chi connectivity index (χ1) is 16.9. The van der Waals surface area contributed by atoms with Crippen LogP contribution in [0.3, 0.4) is 0 Å². The van der Waals surface area contributed by atoms with Gasteiger partial charge in [-0.05, 0) is 12.1 Å². The van der Waals surface area contributed by atoms with Gasteiger partial charge in [0.15, 0.2) is 24.1 Å². The highest BCUT2D eigenvalue weighted by Gasteiger charge is 2.53. The average molecular weight is 515 g/mol. The van der Waals surface area contributed by atoms with E-state index in [-0.39, 0.29) is 28.9 Å². The number of amides is 2. The lowest BCUT2D eigenvalue weighted by atomic mass is 10.0. The molecular formula is C20H18N8O5S2. The van der Waals surface area contributed by atoms with Crippen LogP contribution < -0.4 is 20.7 Å². The fourth-order valence-corrected chi connectivity index (χ4v) is 5.72. The van der Waals surface area contributed by atoms with Crippen molar-refractivity contribution in [1.29, 1.82) is 0 Å². The third-order valence-electron chi connectivity index (χ3n) is 5.48. The molecule has 3 aromatic heterocycles. The van der Waals surface area contributed by atoms with Gasteiger partial charge in [0.2, 0.25) is 11.5 Å². The highest BCUT2D eigenvalue weighted by Crippen LogP contribution is 2.40. The number of thioether (sulfide) groups is 1. The molecule has 0 radical (unpaired) electrons. The topological polar surface area (TPSA) is 171 Å². The standard InChI is InChI=1S/C20H18N8O5S2/c1-33-24-12(15-23-20(21)35-25-15)16(29)22-13-17(30)28-14(19(31)32)10(9-34-18(13)28)7-26-5-6-27-4-2-3-11(27)8-26/h2-6,8,13,18H,7,9H2,1H3,(H3-,21,22,23,25,29,31,32)/b24-12-/t13-,18-/m1/s1. The molecule has 1 saturated heterocycles. The van der Waals surface area contributed by atoms with Crippen molar-refractivity contribution in [3.05, 3.63) is 54.0 Å². The number of nitrogen functional groups attached to an aromatic ring is 1. The summed E-state index contributed by atoms with van der Waals surface area (Å²) in [4.78, 5) is 47.6. The first-order valence-electron chi connectivity index (χ1n) is 10.2. The summed E-state index contributed by atoms with van der Waals surface area (Å²) in [5.74, 6) is -2.46. The molecule has 3 aromatic rings. The number of carboxylic acid groups (broad SMARTS) is 1. The van der Waals surface area contributed by atoms with Crippen LogP contribution in [0.25, 0.3) is 5.52 Å². The summed E-state index contributed by atoms with van der Waals surface area (Å²) in [6.45, 7) is 0.271. The van der Waals surface area contributed by atoms with Crippen molar-refractivity contribution in [2.45, 2.75) is 18.0 Å². The number of rotatable bonds is 7. The van der Waals surface area contributed by atoms with Gasteiger partial charge in [-0.25, -0.2) is 0 Å². The molecule has 0 aliphatic carbocycles. The quantitative estimate of drug-likeness (QED) is 0.158. The molecule has 0 saturated carbocycles. The van der Waals surface area contributed by atoms with Crippen molar-refractivity contribution in [2.75, 3.05) is 18.6 Å². The van der Waals surface area contributed by atoms with Crippen LogP contribution in [0, 0.1) is 0 Å². The van der Waals surface area contributed by atoms with E-state index >= 15 is 0 Å². The zero-order valence-electron chi connectivity index (χ0n) is 18.2. The monoisotopic (exact) mass is 514 g/mol. The highest BCUT2D eigenvalue weighted by molar-refractivity contribution is 8.00. The molecule has 2 atom stereocenters. The Morgan fingerprint density at radius 2 is 2.26 bits per heavy atom. The fourth-order valence-electron chi connectivity index (χ4n) is 3.95. The van der Waals surface area contributed by atoms with Crippen LogP contribution in [0.5, 0.6) is 0 Å². The van der Waals surface area contributed by atoms with Gasteiger partial charge >= 0.3 is 0 Å². The third-order valence-corrected chi connectivity index (χ3v) is 7.36. The van der Waals surface area contributed by atoms with E-state index in [0.717, 1.165) is 21.9 Å². The summed E-state index contributed by atoms with van der Waals surface area (Å²) in [5.41, 5.74) is 6.63. The lowest BCUT2D eigenvalue weighted by molar-refractivity contribution is -0.688. The SMILES string of the molecule is CO/N=C(\C(=O)N[C@@H]1C(=O)N2C(C(=O)[O-])=C(C[n+]3ccn4cccc4c3)CS[C@H]12)c1nsc(N)n1. The molecule has 5 heterocycles. The van der Waals surface area contributed by atoms with Crippen LogP contribution in [0.4, 0.5) is 5.13 Å². The van der Waals surface area contributed by atoms with Gasteiger partial charge in [-0.1, -0.05) is 5.16 Å². The Morgan fingerprint density at radius 3 is 2.97 bits per heavy atom. The first kappa shape index (κ1) is 22.8. The molecule has 1 fully saturated rings. The fraction of sp³-hybridized carbons (Fsp3) is 0.250. The Hall–Kier alpha value is -3.98. The van der Waals surface area contributed by atoms with Crippen molar-refractivity contribution in [3.8, 4) is 0 Å². The van der Waals surface area contributed by atoms with Crippen LogP contribution in [-0.2, 0) is 25.8 Å². The smallest absolute Gasteiger partial charge is 0.278 e. The van der Waals surface area contributed by atoms with Crippen LogP contribution in [0.1, 0.15) is 5.82 Å². The number of carboxylic acids is 1. The van der Waals surface area contributed by atoms with E-state index in [4.69, 9.17) is 10.6 Å². The Balaban J connectivity index is 1.36. The van der Waals surface area contributed by atoms with Crippen LogP contribution in [0.15, 0.2) is 53.3 Å². The minimum absolute atomic E-state index is 0.0404. The molecule has 0 bridgehead atoms. The maximum atomic E-state index is 12.9. The van der Waals surface area contributed by atoms with Crippen molar-refractivity contribution in [2.24, 2.45) is 5.16 Å². The van der Waals surface area contributed by atoms with Gasteiger partial charge in [0.25, 0.3) is 11.8 Å². The number of anilines is 1. The number of aliphatic carboxylic acids is 1. The maximum absolute atomic E-state index is 12.9. The molecule has 2 amide bonds. The van der Waals surface area contributed by atoms with Gasteiger partial charge in [-0.2, -0.15) is 13.9 Å². The Kier molecular flexibility index (Phi) is 5.86. The summed E-state index contributed by atoms with van der Waals surface area (Å²) in [5, 5.41) is 17.8. The van der Waals surface area contributed by atoms with Crippen LogP contribution in [-0.4, -0.2) is 66.4 Å². The summed E-state index contributed by atoms with van der Waals surface area (Å²) >= 11 is 2.23. The van der Waals surface area contributed by atoms with E-state index in [1.807, 2.05) is 45.9 Å². The first-order valence-corrected chi connectivity index (χ1v) is 12.0.